The average molecular weight is 253 g/mol. The highest BCUT2D eigenvalue weighted by molar-refractivity contribution is 5.68. The highest BCUT2D eigenvalue weighted by atomic mass is 16.4. The minimum Gasteiger partial charge on any atom is -0.481 e. The molecule has 0 saturated heterocycles. The second-order valence-corrected chi connectivity index (χ2v) is 4.52. The van der Waals surface area contributed by atoms with Crippen molar-refractivity contribution in [1.82, 2.24) is 5.32 Å². The van der Waals surface area contributed by atoms with Crippen LogP contribution in [0.25, 0.3) is 0 Å². The van der Waals surface area contributed by atoms with Crippen LogP contribution >= 0.6 is 0 Å². The molecule has 1 aliphatic heterocycles. The molecule has 0 saturated carbocycles. The lowest BCUT2D eigenvalue weighted by molar-refractivity contribution is -0.137. The standard InChI is InChI=1S/C13H19NO4/c1-8-10(3-5-12(15)16)7-11(9(2)14-8)4-6-13(17)18/h7-8,14H,3-6H2,1-2H3,(H,15,16)(H,17,18). The molecular formula is C13H19NO4. The Bertz CT molecular complexity index is 409. The van der Waals surface area contributed by atoms with E-state index in [0.717, 1.165) is 16.8 Å². The van der Waals surface area contributed by atoms with Gasteiger partial charge in [-0.2, -0.15) is 0 Å². The third-order valence-electron chi connectivity index (χ3n) is 3.07. The van der Waals surface area contributed by atoms with E-state index < -0.39 is 11.9 Å². The van der Waals surface area contributed by atoms with Gasteiger partial charge in [-0.3, -0.25) is 9.59 Å². The molecule has 1 rings (SSSR count). The molecular weight excluding hydrogens is 234 g/mol. The van der Waals surface area contributed by atoms with Gasteiger partial charge in [-0.15, -0.1) is 0 Å². The molecule has 1 atom stereocenters. The van der Waals surface area contributed by atoms with Crippen LogP contribution in [-0.2, 0) is 9.59 Å². The van der Waals surface area contributed by atoms with Gasteiger partial charge < -0.3 is 15.5 Å². The Labute approximate surface area is 106 Å². The van der Waals surface area contributed by atoms with E-state index in [1.54, 1.807) is 0 Å². The summed E-state index contributed by atoms with van der Waals surface area (Å²) in [5.74, 6) is -1.64. The molecule has 18 heavy (non-hydrogen) atoms. The van der Waals surface area contributed by atoms with Gasteiger partial charge in [-0.05, 0) is 37.8 Å². The molecule has 0 aliphatic carbocycles. The molecule has 0 amide bonds. The predicted molar refractivity (Wildman–Crippen MR) is 67.1 cm³/mol. The van der Waals surface area contributed by atoms with Crippen LogP contribution in [-0.4, -0.2) is 28.2 Å². The van der Waals surface area contributed by atoms with Gasteiger partial charge in [0.05, 0.1) is 0 Å². The summed E-state index contributed by atoms with van der Waals surface area (Å²) in [6, 6.07) is 0.109. The van der Waals surface area contributed by atoms with Crippen molar-refractivity contribution in [2.24, 2.45) is 0 Å². The molecule has 0 spiro atoms. The van der Waals surface area contributed by atoms with E-state index in [2.05, 4.69) is 5.32 Å². The van der Waals surface area contributed by atoms with Crippen LogP contribution in [0.4, 0.5) is 0 Å². The second kappa shape index (κ2) is 6.23. The average Bonchev–Trinajstić information content (AvgIpc) is 2.26. The van der Waals surface area contributed by atoms with E-state index >= 15 is 0 Å². The zero-order valence-corrected chi connectivity index (χ0v) is 10.7. The number of carboxylic acids is 2. The minimum atomic E-state index is -0.825. The fraction of sp³-hybridized carbons (Fsp3) is 0.538. The quantitative estimate of drug-likeness (QED) is 0.673. The first kappa shape index (κ1) is 14.3. The van der Waals surface area contributed by atoms with Gasteiger partial charge in [-0.25, -0.2) is 0 Å². The summed E-state index contributed by atoms with van der Waals surface area (Å²) in [7, 11) is 0. The van der Waals surface area contributed by atoms with Crippen molar-refractivity contribution in [2.45, 2.75) is 45.6 Å². The first-order valence-corrected chi connectivity index (χ1v) is 6.00. The largest absolute Gasteiger partial charge is 0.481 e. The molecule has 1 heterocycles. The van der Waals surface area contributed by atoms with Crippen molar-refractivity contribution < 1.29 is 19.8 Å². The monoisotopic (exact) mass is 253 g/mol. The number of hydrogen-bond acceptors (Lipinski definition) is 3. The molecule has 0 aromatic rings. The van der Waals surface area contributed by atoms with E-state index in [-0.39, 0.29) is 18.9 Å². The normalized spacial score (nSPS) is 19.2. The second-order valence-electron chi connectivity index (χ2n) is 4.52. The third kappa shape index (κ3) is 4.24. The van der Waals surface area contributed by atoms with Gasteiger partial charge >= 0.3 is 11.9 Å². The Balaban J connectivity index is 2.73. The van der Waals surface area contributed by atoms with Gasteiger partial charge in [0.25, 0.3) is 0 Å². The summed E-state index contributed by atoms with van der Waals surface area (Å²) < 4.78 is 0. The van der Waals surface area contributed by atoms with E-state index in [1.165, 1.54) is 0 Å². The molecule has 0 aromatic heterocycles. The van der Waals surface area contributed by atoms with Crippen LogP contribution in [0.1, 0.15) is 39.5 Å². The molecule has 5 heteroatoms. The smallest absolute Gasteiger partial charge is 0.303 e. The number of aliphatic carboxylic acids is 2. The summed E-state index contributed by atoms with van der Waals surface area (Å²) in [4.78, 5) is 21.1. The topological polar surface area (TPSA) is 86.6 Å². The maximum Gasteiger partial charge on any atom is 0.303 e. The highest BCUT2D eigenvalue weighted by Crippen LogP contribution is 2.23. The van der Waals surface area contributed by atoms with Gasteiger partial charge in [0.15, 0.2) is 0 Å². The van der Waals surface area contributed by atoms with Crippen LogP contribution in [0.15, 0.2) is 22.9 Å². The molecule has 100 valence electrons. The Morgan fingerprint density at radius 2 is 1.78 bits per heavy atom. The van der Waals surface area contributed by atoms with Crippen LogP contribution in [0.2, 0.25) is 0 Å². The molecule has 0 radical (unpaired) electrons. The fourth-order valence-corrected chi connectivity index (χ4v) is 2.01. The number of nitrogens with one attached hydrogen (secondary N) is 1. The maximum absolute atomic E-state index is 10.6. The number of carboxylic acid groups (broad SMARTS) is 2. The van der Waals surface area contributed by atoms with Crippen molar-refractivity contribution in [3.05, 3.63) is 22.9 Å². The Hall–Kier alpha value is -1.78. The molecule has 0 fully saturated rings. The lowest BCUT2D eigenvalue weighted by Gasteiger charge is -2.26. The summed E-state index contributed by atoms with van der Waals surface area (Å²) in [6.07, 6.45) is 3.10. The number of rotatable bonds is 6. The lowest BCUT2D eigenvalue weighted by atomic mass is 9.93. The van der Waals surface area contributed by atoms with Gasteiger partial charge in [0.1, 0.15) is 0 Å². The summed E-state index contributed by atoms with van der Waals surface area (Å²) in [5, 5.41) is 20.6. The zero-order chi connectivity index (χ0) is 13.7. The first-order valence-electron chi connectivity index (χ1n) is 6.00. The molecule has 3 N–H and O–H groups in total. The van der Waals surface area contributed by atoms with Crippen molar-refractivity contribution in [3.8, 4) is 0 Å². The van der Waals surface area contributed by atoms with E-state index in [9.17, 15) is 9.59 Å². The van der Waals surface area contributed by atoms with Crippen LogP contribution in [0.5, 0.6) is 0 Å². The van der Waals surface area contributed by atoms with Crippen molar-refractivity contribution in [1.29, 1.82) is 0 Å². The van der Waals surface area contributed by atoms with E-state index in [4.69, 9.17) is 10.2 Å². The van der Waals surface area contributed by atoms with Crippen molar-refractivity contribution in [3.63, 3.8) is 0 Å². The van der Waals surface area contributed by atoms with Crippen LogP contribution < -0.4 is 5.32 Å². The van der Waals surface area contributed by atoms with Gasteiger partial charge in [0, 0.05) is 24.6 Å². The van der Waals surface area contributed by atoms with Gasteiger partial charge in [0.2, 0.25) is 0 Å². The van der Waals surface area contributed by atoms with Crippen LogP contribution in [0, 0.1) is 0 Å². The predicted octanol–water partition coefficient (Wildman–Crippen LogP) is 1.91. The van der Waals surface area contributed by atoms with Crippen molar-refractivity contribution >= 4 is 11.9 Å². The zero-order valence-electron chi connectivity index (χ0n) is 10.7. The fourth-order valence-electron chi connectivity index (χ4n) is 2.01. The number of dihydropyridines is 1. The maximum atomic E-state index is 10.6. The Morgan fingerprint density at radius 3 is 2.33 bits per heavy atom. The summed E-state index contributed by atoms with van der Waals surface area (Å²) in [5.41, 5.74) is 2.95. The Morgan fingerprint density at radius 1 is 1.22 bits per heavy atom. The molecule has 0 aromatic carbocycles. The van der Waals surface area contributed by atoms with E-state index in [0.29, 0.717) is 12.8 Å². The van der Waals surface area contributed by atoms with Crippen molar-refractivity contribution in [2.75, 3.05) is 0 Å². The molecule has 5 nitrogen and oxygen atoms in total. The first-order chi connectivity index (χ1) is 8.40. The highest BCUT2D eigenvalue weighted by Gasteiger charge is 2.17. The third-order valence-corrected chi connectivity index (χ3v) is 3.07. The number of carbonyl (C=O) groups is 2. The molecule has 0 bridgehead atoms. The SMILES string of the molecule is CC1=C(CCC(=O)O)C=C(CCC(=O)O)C(C)N1. The number of allylic oxidation sites excluding steroid dienone is 3. The Kier molecular flexibility index (Phi) is 4.95. The van der Waals surface area contributed by atoms with Crippen LogP contribution in [0.3, 0.4) is 0 Å². The van der Waals surface area contributed by atoms with E-state index in [1.807, 2.05) is 19.9 Å². The summed E-state index contributed by atoms with van der Waals surface area (Å²) >= 11 is 0. The van der Waals surface area contributed by atoms with Gasteiger partial charge in [-0.1, -0.05) is 6.08 Å². The lowest BCUT2D eigenvalue weighted by Crippen LogP contribution is -2.30. The molecule has 1 aliphatic rings. The summed E-state index contributed by atoms with van der Waals surface area (Å²) in [6.45, 7) is 3.89. The molecule has 1 unspecified atom stereocenters. The minimum absolute atomic E-state index is 0.0887. The number of hydrogen-bond donors (Lipinski definition) is 3.